The molecular formula is C14H11ClN2O4. The van der Waals surface area contributed by atoms with Crippen LogP contribution in [0.4, 0.5) is 11.4 Å². The summed E-state index contributed by atoms with van der Waals surface area (Å²) >= 11 is 5.96. The zero-order valence-electron chi connectivity index (χ0n) is 10.7. The van der Waals surface area contributed by atoms with E-state index in [2.05, 4.69) is 5.32 Å². The molecule has 0 aliphatic heterocycles. The highest BCUT2D eigenvalue weighted by atomic mass is 35.5. The minimum atomic E-state index is -1.28. The molecule has 0 saturated carbocycles. The Balaban J connectivity index is 2.34. The quantitative estimate of drug-likeness (QED) is 0.651. The van der Waals surface area contributed by atoms with Crippen LogP contribution in [-0.2, 0) is 6.54 Å². The molecule has 0 saturated heterocycles. The molecule has 0 spiro atoms. The molecule has 0 amide bonds. The highest BCUT2D eigenvalue weighted by molar-refractivity contribution is 6.34. The van der Waals surface area contributed by atoms with Gasteiger partial charge in [0.2, 0.25) is 0 Å². The van der Waals surface area contributed by atoms with E-state index < -0.39 is 10.9 Å². The molecule has 0 unspecified atom stereocenters. The summed E-state index contributed by atoms with van der Waals surface area (Å²) in [5.41, 5.74) is 0.509. The van der Waals surface area contributed by atoms with E-state index in [0.29, 0.717) is 6.54 Å². The fourth-order valence-electron chi connectivity index (χ4n) is 1.83. The first-order valence-corrected chi connectivity index (χ1v) is 6.36. The second-order valence-corrected chi connectivity index (χ2v) is 4.66. The SMILES string of the molecule is O=C(O)c1cc([N+](=O)[O-])cc(Cl)c1NCc1ccccc1. The van der Waals surface area contributed by atoms with E-state index in [1.165, 1.54) is 0 Å². The molecule has 21 heavy (non-hydrogen) atoms. The molecule has 2 N–H and O–H groups in total. The van der Waals surface area contributed by atoms with Gasteiger partial charge < -0.3 is 10.4 Å². The molecule has 2 rings (SSSR count). The van der Waals surface area contributed by atoms with Crippen LogP contribution in [0.3, 0.4) is 0 Å². The largest absolute Gasteiger partial charge is 0.478 e. The van der Waals surface area contributed by atoms with Gasteiger partial charge in [0.05, 0.1) is 21.2 Å². The number of halogens is 1. The minimum absolute atomic E-state index is 0.00229. The zero-order chi connectivity index (χ0) is 15.4. The number of carboxylic acid groups (broad SMARTS) is 1. The summed E-state index contributed by atoms with van der Waals surface area (Å²) in [6.07, 6.45) is 0. The number of aromatic carboxylic acids is 1. The zero-order valence-corrected chi connectivity index (χ0v) is 11.5. The van der Waals surface area contributed by atoms with Gasteiger partial charge in [-0.2, -0.15) is 0 Å². The van der Waals surface area contributed by atoms with Crippen LogP contribution >= 0.6 is 11.6 Å². The molecule has 2 aromatic carbocycles. The molecule has 2 aromatic rings. The van der Waals surface area contributed by atoms with Gasteiger partial charge in [0.1, 0.15) is 0 Å². The maximum atomic E-state index is 11.2. The summed E-state index contributed by atoms with van der Waals surface area (Å²) in [7, 11) is 0. The van der Waals surface area contributed by atoms with Crippen LogP contribution in [0.1, 0.15) is 15.9 Å². The van der Waals surface area contributed by atoms with Crippen LogP contribution in [0, 0.1) is 10.1 Å². The number of non-ortho nitro benzene ring substituents is 1. The number of nitrogens with zero attached hydrogens (tertiary/aromatic N) is 1. The van der Waals surface area contributed by atoms with Crippen LogP contribution in [-0.4, -0.2) is 16.0 Å². The lowest BCUT2D eigenvalue weighted by atomic mass is 10.1. The molecule has 0 aromatic heterocycles. The third kappa shape index (κ3) is 3.49. The number of benzene rings is 2. The monoisotopic (exact) mass is 306 g/mol. The number of nitro groups is 1. The summed E-state index contributed by atoms with van der Waals surface area (Å²) in [4.78, 5) is 21.3. The van der Waals surface area contributed by atoms with Crippen molar-refractivity contribution in [2.24, 2.45) is 0 Å². The van der Waals surface area contributed by atoms with Gasteiger partial charge in [-0.05, 0) is 5.56 Å². The topological polar surface area (TPSA) is 92.5 Å². The predicted molar refractivity (Wildman–Crippen MR) is 78.8 cm³/mol. The van der Waals surface area contributed by atoms with Crippen LogP contribution in [0.2, 0.25) is 5.02 Å². The van der Waals surface area contributed by atoms with Crippen molar-refractivity contribution in [2.45, 2.75) is 6.54 Å². The van der Waals surface area contributed by atoms with Gasteiger partial charge in [0, 0.05) is 18.7 Å². The van der Waals surface area contributed by atoms with E-state index in [9.17, 15) is 20.0 Å². The lowest BCUT2D eigenvalue weighted by Gasteiger charge is -2.11. The first kappa shape index (κ1) is 14.8. The predicted octanol–water partition coefficient (Wildman–Crippen LogP) is 3.56. The Morgan fingerprint density at radius 2 is 1.95 bits per heavy atom. The van der Waals surface area contributed by atoms with Gasteiger partial charge >= 0.3 is 5.97 Å². The molecule has 0 heterocycles. The summed E-state index contributed by atoms with van der Waals surface area (Å²) in [5.74, 6) is -1.28. The minimum Gasteiger partial charge on any atom is -0.478 e. The Hall–Kier alpha value is -2.60. The summed E-state index contributed by atoms with van der Waals surface area (Å²) in [6, 6.07) is 11.4. The van der Waals surface area contributed by atoms with Crippen LogP contribution in [0.15, 0.2) is 42.5 Å². The van der Waals surface area contributed by atoms with Crippen molar-refractivity contribution in [3.63, 3.8) is 0 Å². The highest BCUT2D eigenvalue weighted by Crippen LogP contribution is 2.31. The van der Waals surface area contributed by atoms with E-state index in [4.69, 9.17) is 11.6 Å². The van der Waals surface area contributed by atoms with Gasteiger partial charge in [-0.25, -0.2) is 4.79 Å². The lowest BCUT2D eigenvalue weighted by molar-refractivity contribution is -0.384. The third-order valence-corrected chi connectivity index (χ3v) is 3.13. The Labute approximate surface area is 125 Å². The normalized spacial score (nSPS) is 10.1. The average molecular weight is 307 g/mol. The van der Waals surface area contributed by atoms with Crippen molar-refractivity contribution in [1.82, 2.24) is 0 Å². The molecule has 0 fully saturated rings. The highest BCUT2D eigenvalue weighted by Gasteiger charge is 2.19. The molecule has 0 bridgehead atoms. The van der Waals surface area contributed by atoms with Crippen molar-refractivity contribution in [3.8, 4) is 0 Å². The van der Waals surface area contributed by atoms with Crippen molar-refractivity contribution in [3.05, 3.63) is 68.7 Å². The second-order valence-electron chi connectivity index (χ2n) is 4.25. The molecule has 6 nitrogen and oxygen atoms in total. The number of nitro benzene ring substituents is 1. The Morgan fingerprint density at radius 3 is 2.52 bits per heavy atom. The summed E-state index contributed by atoms with van der Waals surface area (Å²) in [6.45, 7) is 0.360. The van der Waals surface area contributed by atoms with E-state index in [1.807, 2.05) is 30.3 Å². The standard InChI is InChI=1S/C14H11ClN2O4/c15-12-7-10(17(20)21)6-11(14(18)19)13(12)16-8-9-4-2-1-3-5-9/h1-7,16H,8H2,(H,18,19). The van der Waals surface area contributed by atoms with Gasteiger partial charge in [-0.15, -0.1) is 0 Å². The maximum Gasteiger partial charge on any atom is 0.338 e. The fourth-order valence-corrected chi connectivity index (χ4v) is 2.11. The van der Waals surface area contributed by atoms with Gasteiger partial charge in [0.25, 0.3) is 5.69 Å². The number of nitrogens with one attached hydrogen (secondary N) is 1. The number of hydrogen-bond donors (Lipinski definition) is 2. The molecule has 7 heteroatoms. The number of carbonyl (C=O) groups is 1. The molecule has 0 aliphatic rings. The molecule has 0 aliphatic carbocycles. The van der Waals surface area contributed by atoms with Crippen molar-refractivity contribution < 1.29 is 14.8 Å². The fraction of sp³-hybridized carbons (Fsp3) is 0.0714. The molecular weight excluding hydrogens is 296 g/mol. The van der Waals surface area contributed by atoms with E-state index in [-0.39, 0.29) is 22.0 Å². The Kier molecular flexibility index (Phi) is 4.39. The smallest absolute Gasteiger partial charge is 0.338 e. The van der Waals surface area contributed by atoms with Gasteiger partial charge in [-0.3, -0.25) is 10.1 Å². The van der Waals surface area contributed by atoms with E-state index in [1.54, 1.807) is 0 Å². The first-order chi connectivity index (χ1) is 9.99. The number of hydrogen-bond acceptors (Lipinski definition) is 4. The van der Waals surface area contributed by atoms with Crippen LogP contribution < -0.4 is 5.32 Å². The van der Waals surface area contributed by atoms with Crippen LogP contribution in [0.25, 0.3) is 0 Å². The summed E-state index contributed by atoms with van der Waals surface area (Å²) < 4.78 is 0. The first-order valence-electron chi connectivity index (χ1n) is 5.98. The lowest BCUT2D eigenvalue weighted by Crippen LogP contribution is -2.08. The van der Waals surface area contributed by atoms with Gasteiger partial charge in [0.15, 0.2) is 0 Å². The van der Waals surface area contributed by atoms with Crippen molar-refractivity contribution in [2.75, 3.05) is 5.32 Å². The number of anilines is 1. The van der Waals surface area contributed by atoms with Crippen molar-refractivity contribution >= 4 is 28.9 Å². The molecule has 108 valence electrons. The van der Waals surface area contributed by atoms with Crippen LogP contribution in [0.5, 0.6) is 0 Å². The third-order valence-electron chi connectivity index (χ3n) is 2.83. The molecule has 0 atom stereocenters. The summed E-state index contributed by atoms with van der Waals surface area (Å²) in [5, 5.41) is 22.8. The Morgan fingerprint density at radius 1 is 1.29 bits per heavy atom. The van der Waals surface area contributed by atoms with E-state index in [0.717, 1.165) is 17.7 Å². The Bertz CT molecular complexity index is 689. The average Bonchev–Trinajstić information content (AvgIpc) is 2.46. The van der Waals surface area contributed by atoms with E-state index >= 15 is 0 Å². The second kappa shape index (κ2) is 6.23. The number of carboxylic acids is 1. The number of rotatable bonds is 5. The van der Waals surface area contributed by atoms with Crippen molar-refractivity contribution in [1.29, 1.82) is 0 Å². The van der Waals surface area contributed by atoms with Gasteiger partial charge in [-0.1, -0.05) is 41.9 Å². The maximum absolute atomic E-state index is 11.2. The molecule has 0 radical (unpaired) electrons.